The van der Waals surface area contributed by atoms with Crippen molar-refractivity contribution in [1.82, 2.24) is 0 Å². The Morgan fingerprint density at radius 2 is 0.854 bits per heavy atom. The molecule has 1 nitrogen and oxygen atoms in total. The van der Waals surface area contributed by atoms with Gasteiger partial charge in [-0.2, -0.15) is 0 Å². The lowest BCUT2D eigenvalue weighted by Crippen LogP contribution is -2.09. The second kappa shape index (κ2) is 12.0. The van der Waals surface area contributed by atoms with Gasteiger partial charge in [0, 0.05) is 42.6 Å². The Hall–Kier alpha value is -5.96. The summed E-state index contributed by atoms with van der Waals surface area (Å²) in [5.41, 5.74) is 10.8. The maximum atomic E-state index is 2.40. The normalized spacial score (nSPS) is 11.3. The lowest BCUT2D eigenvalue weighted by Gasteiger charge is -2.26. The number of rotatable bonds is 6. The molecular weight excluding hydrogens is 599 g/mol. The maximum absolute atomic E-state index is 2.40. The molecule has 0 atom stereocenters. The summed E-state index contributed by atoms with van der Waals surface area (Å²) < 4.78 is 2.62. The fraction of sp³-hybridized carbons (Fsp3) is 0. The van der Waals surface area contributed by atoms with Gasteiger partial charge in [-0.05, 0) is 81.2 Å². The molecule has 1 heterocycles. The molecule has 1 aromatic heterocycles. The molecule has 0 fully saturated rings. The number of benzene rings is 8. The van der Waals surface area contributed by atoms with Crippen LogP contribution in [0.15, 0.2) is 188 Å². The smallest absolute Gasteiger partial charge is 0.0476 e. The molecule has 0 bridgehead atoms. The van der Waals surface area contributed by atoms with Crippen molar-refractivity contribution < 1.29 is 0 Å². The van der Waals surface area contributed by atoms with Crippen molar-refractivity contribution in [2.24, 2.45) is 0 Å². The van der Waals surface area contributed by atoms with Gasteiger partial charge in [-0.15, -0.1) is 11.3 Å². The first-order chi connectivity index (χ1) is 23.8. The highest BCUT2D eigenvalue weighted by molar-refractivity contribution is 7.26. The van der Waals surface area contributed by atoms with Crippen LogP contribution >= 0.6 is 11.3 Å². The van der Waals surface area contributed by atoms with E-state index in [0.29, 0.717) is 0 Å². The van der Waals surface area contributed by atoms with E-state index in [0.717, 1.165) is 17.1 Å². The summed E-state index contributed by atoms with van der Waals surface area (Å²) in [6.07, 6.45) is 0. The third kappa shape index (κ3) is 5.04. The zero-order valence-corrected chi connectivity index (χ0v) is 27.1. The minimum absolute atomic E-state index is 1.13. The number of anilines is 3. The molecular formula is C46H31NS. The van der Waals surface area contributed by atoms with Crippen LogP contribution in [0.25, 0.3) is 64.3 Å². The van der Waals surface area contributed by atoms with E-state index in [1.165, 1.54) is 64.3 Å². The topological polar surface area (TPSA) is 3.24 Å². The summed E-state index contributed by atoms with van der Waals surface area (Å²) in [5, 5.41) is 5.21. The van der Waals surface area contributed by atoms with Gasteiger partial charge in [0.05, 0.1) is 0 Å². The van der Waals surface area contributed by atoms with Gasteiger partial charge in [0.25, 0.3) is 0 Å². The first kappa shape index (κ1) is 28.3. The highest BCUT2D eigenvalue weighted by Crippen LogP contribution is 2.45. The van der Waals surface area contributed by atoms with E-state index in [4.69, 9.17) is 0 Å². The average Bonchev–Trinajstić information content (AvgIpc) is 3.54. The third-order valence-electron chi connectivity index (χ3n) is 9.25. The van der Waals surface area contributed by atoms with E-state index in [-0.39, 0.29) is 0 Å². The standard InChI is InChI=1S/C46H31NS/c1-4-13-32(14-5-1)33-23-25-34(26-24-33)36-17-12-20-38(29-36)47(37-18-8-3-9-19-37)39-27-28-41-44-31-43(35-15-6-2-7-16-35)40-21-10-11-22-42(40)46(44)48-45(41)30-39/h1-31H. The van der Waals surface area contributed by atoms with E-state index < -0.39 is 0 Å². The third-order valence-corrected chi connectivity index (χ3v) is 10.5. The Bertz CT molecular complexity index is 2530. The van der Waals surface area contributed by atoms with Crippen LogP contribution in [0.2, 0.25) is 0 Å². The summed E-state index contributed by atoms with van der Waals surface area (Å²) in [5.74, 6) is 0. The van der Waals surface area contributed by atoms with Gasteiger partial charge < -0.3 is 4.90 Å². The van der Waals surface area contributed by atoms with E-state index >= 15 is 0 Å². The highest BCUT2D eigenvalue weighted by Gasteiger charge is 2.17. The van der Waals surface area contributed by atoms with Crippen LogP contribution in [0, 0.1) is 0 Å². The molecule has 9 aromatic rings. The van der Waals surface area contributed by atoms with E-state index in [1.807, 2.05) is 11.3 Å². The number of nitrogens with zero attached hydrogens (tertiary/aromatic N) is 1. The van der Waals surface area contributed by atoms with E-state index in [2.05, 4.69) is 193 Å². The van der Waals surface area contributed by atoms with Crippen LogP contribution in [-0.4, -0.2) is 0 Å². The van der Waals surface area contributed by atoms with Crippen molar-refractivity contribution in [2.45, 2.75) is 0 Å². The van der Waals surface area contributed by atoms with Crippen molar-refractivity contribution >= 4 is 59.3 Å². The lowest BCUT2D eigenvalue weighted by atomic mass is 9.95. The number of thiophene rings is 1. The highest BCUT2D eigenvalue weighted by atomic mass is 32.1. The Balaban J connectivity index is 1.17. The van der Waals surface area contributed by atoms with Crippen molar-refractivity contribution in [2.75, 3.05) is 4.90 Å². The van der Waals surface area contributed by atoms with Gasteiger partial charge in [0.1, 0.15) is 0 Å². The second-order valence-corrected chi connectivity index (χ2v) is 13.2. The van der Waals surface area contributed by atoms with E-state index in [1.54, 1.807) is 0 Å². The molecule has 0 spiro atoms. The number of hydrogen-bond donors (Lipinski definition) is 0. The molecule has 0 aliphatic heterocycles. The van der Waals surface area contributed by atoms with E-state index in [9.17, 15) is 0 Å². The largest absolute Gasteiger partial charge is 0.310 e. The Morgan fingerprint density at radius 3 is 1.58 bits per heavy atom. The molecule has 0 amide bonds. The van der Waals surface area contributed by atoms with Crippen molar-refractivity contribution in [3.63, 3.8) is 0 Å². The van der Waals surface area contributed by atoms with Crippen molar-refractivity contribution in [3.8, 4) is 33.4 Å². The molecule has 0 N–H and O–H groups in total. The Labute approximate surface area is 284 Å². The Kier molecular flexibility index (Phi) is 7.07. The van der Waals surface area contributed by atoms with Gasteiger partial charge in [-0.3, -0.25) is 0 Å². The summed E-state index contributed by atoms with van der Waals surface area (Å²) in [4.78, 5) is 2.37. The minimum Gasteiger partial charge on any atom is -0.310 e. The van der Waals surface area contributed by atoms with Gasteiger partial charge in [0.15, 0.2) is 0 Å². The fourth-order valence-electron chi connectivity index (χ4n) is 6.92. The van der Waals surface area contributed by atoms with Gasteiger partial charge in [-0.1, -0.05) is 146 Å². The van der Waals surface area contributed by atoms with Crippen LogP contribution in [0.3, 0.4) is 0 Å². The maximum Gasteiger partial charge on any atom is 0.0476 e. The summed E-state index contributed by atoms with van der Waals surface area (Å²) in [7, 11) is 0. The Morgan fingerprint density at radius 1 is 0.312 bits per heavy atom. The van der Waals surface area contributed by atoms with Gasteiger partial charge in [0.2, 0.25) is 0 Å². The van der Waals surface area contributed by atoms with Crippen LogP contribution < -0.4 is 4.90 Å². The molecule has 226 valence electrons. The average molecular weight is 630 g/mol. The number of fused-ring (bicyclic) bond motifs is 5. The SMILES string of the molecule is c1ccc(-c2ccc(-c3cccc(N(c4ccccc4)c4ccc5c(c4)sc4c6ccccc6c(-c6ccccc6)cc54)c3)cc2)cc1. The molecule has 0 radical (unpaired) electrons. The monoisotopic (exact) mass is 629 g/mol. The molecule has 0 saturated heterocycles. The number of hydrogen-bond acceptors (Lipinski definition) is 2. The summed E-state index contributed by atoms with van der Waals surface area (Å²) >= 11 is 1.89. The first-order valence-corrected chi connectivity index (χ1v) is 17.2. The van der Waals surface area contributed by atoms with Gasteiger partial charge in [-0.25, -0.2) is 0 Å². The molecule has 2 heteroatoms. The van der Waals surface area contributed by atoms with Crippen LogP contribution in [0.1, 0.15) is 0 Å². The molecule has 0 aliphatic carbocycles. The molecule has 9 rings (SSSR count). The molecule has 0 saturated carbocycles. The number of para-hydroxylation sites is 1. The predicted octanol–water partition coefficient (Wildman–Crippen LogP) is 13.7. The quantitative estimate of drug-likeness (QED) is 0.177. The van der Waals surface area contributed by atoms with Crippen LogP contribution in [0.4, 0.5) is 17.1 Å². The molecule has 0 aliphatic rings. The van der Waals surface area contributed by atoms with Crippen molar-refractivity contribution in [1.29, 1.82) is 0 Å². The zero-order valence-electron chi connectivity index (χ0n) is 26.3. The lowest BCUT2D eigenvalue weighted by molar-refractivity contribution is 1.29. The van der Waals surface area contributed by atoms with Crippen molar-refractivity contribution in [3.05, 3.63) is 188 Å². The summed E-state index contributed by atoms with van der Waals surface area (Å²) in [6, 6.07) is 68.0. The molecule has 8 aromatic carbocycles. The minimum atomic E-state index is 1.13. The summed E-state index contributed by atoms with van der Waals surface area (Å²) in [6.45, 7) is 0. The van der Waals surface area contributed by atoms with Crippen LogP contribution in [0.5, 0.6) is 0 Å². The molecule has 48 heavy (non-hydrogen) atoms. The predicted molar refractivity (Wildman–Crippen MR) is 208 cm³/mol. The van der Waals surface area contributed by atoms with Crippen LogP contribution in [-0.2, 0) is 0 Å². The second-order valence-electron chi connectivity index (χ2n) is 12.2. The zero-order chi connectivity index (χ0) is 31.9. The first-order valence-electron chi connectivity index (χ1n) is 16.3. The molecule has 0 unspecified atom stereocenters. The van der Waals surface area contributed by atoms with Gasteiger partial charge >= 0.3 is 0 Å². The fourth-order valence-corrected chi connectivity index (χ4v) is 8.17.